The van der Waals surface area contributed by atoms with Crippen LogP contribution >= 0.6 is 11.6 Å². The van der Waals surface area contributed by atoms with E-state index in [0.717, 1.165) is 0 Å². The molecule has 2 heterocycles. The van der Waals surface area contributed by atoms with Crippen LogP contribution in [0, 0.1) is 6.92 Å². The van der Waals surface area contributed by atoms with Crippen molar-refractivity contribution in [1.82, 2.24) is 19.3 Å². The summed E-state index contributed by atoms with van der Waals surface area (Å²) in [7, 11) is -3.72. The van der Waals surface area contributed by atoms with E-state index in [1.807, 2.05) is 12.1 Å². The van der Waals surface area contributed by atoms with Crippen LogP contribution in [-0.4, -0.2) is 23.0 Å². The summed E-state index contributed by atoms with van der Waals surface area (Å²) in [4.78, 5) is 0.158. The molecule has 6 nitrogen and oxygen atoms in total. The van der Waals surface area contributed by atoms with Gasteiger partial charge in [-0.25, -0.2) is 13.1 Å². The molecule has 0 radical (unpaired) electrons. The molecule has 0 aliphatic heterocycles. The summed E-state index contributed by atoms with van der Waals surface area (Å²) in [5.41, 5.74) is 1.17. The molecule has 0 aliphatic carbocycles. The molecule has 120 valence electrons. The molecule has 23 heavy (non-hydrogen) atoms. The van der Waals surface area contributed by atoms with E-state index in [4.69, 9.17) is 11.6 Å². The van der Waals surface area contributed by atoms with Gasteiger partial charge in [-0.1, -0.05) is 23.7 Å². The van der Waals surface area contributed by atoms with Crippen molar-refractivity contribution in [3.8, 4) is 0 Å². The molecule has 0 unspecified atom stereocenters. The highest BCUT2D eigenvalue weighted by Crippen LogP contribution is 2.24. The molecule has 1 atom stereocenters. The molecule has 0 amide bonds. The minimum atomic E-state index is -3.72. The van der Waals surface area contributed by atoms with Crippen LogP contribution in [0.4, 0.5) is 0 Å². The number of pyridine rings is 1. The maximum absolute atomic E-state index is 12.6. The Balaban J connectivity index is 1.95. The van der Waals surface area contributed by atoms with Crippen molar-refractivity contribution in [2.24, 2.45) is 0 Å². The second kappa shape index (κ2) is 5.92. The topological polar surface area (TPSA) is 76.4 Å². The van der Waals surface area contributed by atoms with E-state index in [1.165, 1.54) is 6.07 Å². The van der Waals surface area contributed by atoms with Crippen LogP contribution < -0.4 is 4.72 Å². The van der Waals surface area contributed by atoms with Crippen LogP contribution in [0.1, 0.15) is 24.4 Å². The Morgan fingerprint density at radius 1 is 1.17 bits per heavy atom. The third-order valence-electron chi connectivity index (χ3n) is 3.57. The third kappa shape index (κ3) is 2.95. The number of hydrogen-bond acceptors (Lipinski definition) is 4. The van der Waals surface area contributed by atoms with Crippen molar-refractivity contribution in [2.75, 3.05) is 0 Å². The van der Waals surface area contributed by atoms with Gasteiger partial charge in [0.2, 0.25) is 10.0 Å². The van der Waals surface area contributed by atoms with Gasteiger partial charge in [-0.05, 0) is 43.7 Å². The van der Waals surface area contributed by atoms with Gasteiger partial charge in [0.05, 0.1) is 10.9 Å². The lowest BCUT2D eigenvalue weighted by molar-refractivity contribution is 0.557. The van der Waals surface area contributed by atoms with Crippen LogP contribution in [0.25, 0.3) is 5.65 Å². The molecule has 0 fully saturated rings. The molecule has 0 saturated carbocycles. The van der Waals surface area contributed by atoms with Crippen LogP contribution in [0.2, 0.25) is 5.02 Å². The van der Waals surface area contributed by atoms with Gasteiger partial charge in [0, 0.05) is 11.2 Å². The van der Waals surface area contributed by atoms with Crippen molar-refractivity contribution < 1.29 is 8.42 Å². The number of rotatable bonds is 4. The summed E-state index contributed by atoms with van der Waals surface area (Å²) in [6.45, 7) is 3.40. The molecule has 0 bridgehead atoms. The molecular weight excluding hydrogens is 336 g/mol. The zero-order valence-electron chi connectivity index (χ0n) is 12.6. The van der Waals surface area contributed by atoms with Gasteiger partial charge in [-0.15, -0.1) is 10.2 Å². The first-order valence-corrected chi connectivity index (χ1v) is 8.83. The maximum atomic E-state index is 12.6. The first-order valence-electron chi connectivity index (χ1n) is 6.97. The molecule has 8 heteroatoms. The summed E-state index contributed by atoms with van der Waals surface area (Å²) in [6, 6.07) is 9.74. The maximum Gasteiger partial charge on any atom is 0.241 e. The quantitative estimate of drug-likeness (QED) is 0.785. The Bertz CT molecular complexity index is 969. The predicted octanol–water partition coefficient (Wildman–Crippen LogP) is 2.73. The Labute approximate surface area is 139 Å². The Morgan fingerprint density at radius 3 is 2.74 bits per heavy atom. The standard InChI is InChI=1S/C15H15ClN4O2S/c1-10-12(16)6-5-7-13(10)23(21,22)19-11(2)15-18-17-14-8-3-4-9-20(14)15/h3-9,11,19H,1-2H3/t11-/m1/s1. The van der Waals surface area contributed by atoms with Gasteiger partial charge in [0.25, 0.3) is 0 Å². The molecule has 3 aromatic rings. The predicted molar refractivity (Wildman–Crippen MR) is 87.9 cm³/mol. The SMILES string of the molecule is Cc1c(Cl)cccc1S(=O)(=O)N[C@H](C)c1nnc2ccccn12. The van der Waals surface area contributed by atoms with Gasteiger partial charge in [0.1, 0.15) is 0 Å². The van der Waals surface area contributed by atoms with Gasteiger partial charge < -0.3 is 0 Å². The number of aromatic nitrogens is 3. The van der Waals surface area contributed by atoms with E-state index in [1.54, 1.807) is 42.6 Å². The van der Waals surface area contributed by atoms with Crippen molar-refractivity contribution >= 4 is 27.3 Å². The summed E-state index contributed by atoms with van der Waals surface area (Å²) in [6.07, 6.45) is 1.79. The minimum absolute atomic E-state index is 0.158. The fourth-order valence-corrected chi connectivity index (χ4v) is 4.08. The van der Waals surface area contributed by atoms with Crippen LogP contribution in [-0.2, 0) is 10.0 Å². The van der Waals surface area contributed by atoms with Crippen molar-refractivity contribution in [1.29, 1.82) is 0 Å². The summed E-state index contributed by atoms with van der Waals surface area (Å²) in [5, 5.41) is 8.51. The molecule has 1 aromatic carbocycles. The molecule has 2 aromatic heterocycles. The summed E-state index contributed by atoms with van der Waals surface area (Å²) >= 11 is 6.02. The number of nitrogens with zero attached hydrogens (tertiary/aromatic N) is 3. The molecule has 0 saturated heterocycles. The van der Waals surface area contributed by atoms with Crippen molar-refractivity contribution in [3.63, 3.8) is 0 Å². The molecule has 0 aliphatic rings. The lowest BCUT2D eigenvalue weighted by Crippen LogP contribution is -2.28. The van der Waals surface area contributed by atoms with Gasteiger partial charge in [0.15, 0.2) is 11.5 Å². The number of sulfonamides is 1. The van der Waals surface area contributed by atoms with Crippen molar-refractivity contribution in [2.45, 2.75) is 24.8 Å². The highest BCUT2D eigenvalue weighted by molar-refractivity contribution is 7.89. The summed E-state index contributed by atoms with van der Waals surface area (Å²) in [5.74, 6) is 0.517. The number of fused-ring (bicyclic) bond motifs is 1. The van der Waals surface area contributed by atoms with Gasteiger partial charge in [-0.2, -0.15) is 0 Å². The average Bonchev–Trinajstić information content (AvgIpc) is 2.93. The largest absolute Gasteiger partial charge is 0.285 e. The van der Waals surface area contributed by atoms with Gasteiger partial charge in [-0.3, -0.25) is 4.40 Å². The number of hydrogen-bond donors (Lipinski definition) is 1. The van der Waals surface area contributed by atoms with E-state index in [2.05, 4.69) is 14.9 Å². The summed E-state index contributed by atoms with van der Waals surface area (Å²) < 4.78 is 29.6. The molecular formula is C15H15ClN4O2S. The Kier molecular flexibility index (Phi) is 4.09. The third-order valence-corrected chi connectivity index (χ3v) is 5.66. The number of nitrogens with one attached hydrogen (secondary N) is 1. The average molecular weight is 351 g/mol. The molecule has 3 rings (SSSR count). The number of halogens is 1. The molecule has 0 spiro atoms. The Morgan fingerprint density at radius 2 is 1.96 bits per heavy atom. The first-order chi connectivity index (χ1) is 10.9. The zero-order chi connectivity index (χ0) is 16.6. The van der Waals surface area contributed by atoms with Crippen LogP contribution in [0.5, 0.6) is 0 Å². The second-order valence-corrected chi connectivity index (χ2v) is 7.28. The molecule has 1 N–H and O–H groups in total. The highest BCUT2D eigenvalue weighted by atomic mass is 35.5. The zero-order valence-corrected chi connectivity index (χ0v) is 14.1. The minimum Gasteiger partial charge on any atom is -0.285 e. The smallest absolute Gasteiger partial charge is 0.241 e. The lowest BCUT2D eigenvalue weighted by atomic mass is 10.2. The van der Waals surface area contributed by atoms with Crippen LogP contribution in [0.15, 0.2) is 47.5 Å². The fourth-order valence-electron chi connectivity index (χ4n) is 2.38. The van der Waals surface area contributed by atoms with Gasteiger partial charge >= 0.3 is 0 Å². The van der Waals surface area contributed by atoms with E-state index < -0.39 is 16.1 Å². The lowest BCUT2D eigenvalue weighted by Gasteiger charge is -2.14. The van der Waals surface area contributed by atoms with E-state index in [-0.39, 0.29) is 4.90 Å². The normalized spacial score (nSPS) is 13.3. The van der Waals surface area contributed by atoms with E-state index in [0.29, 0.717) is 22.1 Å². The second-order valence-electron chi connectivity index (χ2n) is 5.19. The first kappa shape index (κ1) is 15.9. The fraction of sp³-hybridized carbons (Fsp3) is 0.200. The monoisotopic (exact) mass is 350 g/mol. The highest BCUT2D eigenvalue weighted by Gasteiger charge is 2.23. The van der Waals surface area contributed by atoms with E-state index >= 15 is 0 Å². The Hall–Kier alpha value is -1.96. The van der Waals surface area contributed by atoms with E-state index in [9.17, 15) is 8.42 Å². The number of benzene rings is 1. The van der Waals surface area contributed by atoms with Crippen LogP contribution in [0.3, 0.4) is 0 Å². The van der Waals surface area contributed by atoms with Crippen molar-refractivity contribution in [3.05, 3.63) is 59.0 Å².